The maximum atomic E-state index is 12.2. The number of fused-ring (bicyclic) bond motifs is 4. The summed E-state index contributed by atoms with van der Waals surface area (Å²) >= 11 is 0. The van der Waals surface area contributed by atoms with Gasteiger partial charge < -0.3 is 29.1 Å². The lowest BCUT2D eigenvalue weighted by molar-refractivity contribution is -0.148. The number of carbonyl (C=O) groups excluding carboxylic acids is 4. The number of carbonyl (C=O) groups is 4. The first kappa shape index (κ1) is 28.8. The molecule has 6 amide bonds. The Morgan fingerprint density at radius 3 is 1.40 bits per heavy atom. The smallest absolute Gasteiger partial charge is 0.320 e. The van der Waals surface area contributed by atoms with Gasteiger partial charge in [0.1, 0.15) is 12.1 Å². The van der Waals surface area contributed by atoms with Crippen LogP contribution in [0.25, 0.3) is 0 Å². The molecule has 6 rings (SSSR count). The number of nitrogens with one attached hydrogen (secondary N) is 2. The Kier molecular flexibility index (Phi) is 9.28. The Hall–Kier alpha value is -2.68. The van der Waals surface area contributed by atoms with Gasteiger partial charge in [-0.05, 0) is 51.4 Å². The predicted molar refractivity (Wildman–Crippen MR) is 139 cm³/mol. The molecule has 4 bridgehead atoms. The van der Waals surface area contributed by atoms with Gasteiger partial charge in [0.05, 0.1) is 24.3 Å². The maximum absolute atomic E-state index is 12.2. The molecule has 6 aliphatic heterocycles. The topological polar surface area (TPSA) is 142 Å². The highest BCUT2D eigenvalue weighted by Crippen LogP contribution is 2.29. The summed E-state index contributed by atoms with van der Waals surface area (Å²) in [5, 5.41) is 0. The van der Waals surface area contributed by atoms with Crippen LogP contribution in [0.1, 0.15) is 51.4 Å². The number of hydrogen-bond donors (Lipinski definition) is 2. The number of piperidine rings is 2. The summed E-state index contributed by atoms with van der Waals surface area (Å²) < 4.78 is 10.5. The van der Waals surface area contributed by atoms with E-state index in [0.717, 1.165) is 38.5 Å². The fraction of sp³-hybridized carbons (Fsp3) is 0.846. The van der Waals surface area contributed by atoms with E-state index in [0.29, 0.717) is 52.4 Å². The first-order chi connectivity index (χ1) is 19.3. The average Bonchev–Trinajstić information content (AvgIpc) is 3.35. The van der Waals surface area contributed by atoms with E-state index in [1.807, 2.05) is 0 Å². The number of rotatable bonds is 6. The summed E-state index contributed by atoms with van der Waals surface area (Å²) in [4.78, 5) is 66.1. The number of ether oxygens (including phenoxy) is 2. The van der Waals surface area contributed by atoms with Gasteiger partial charge in [0.2, 0.25) is 0 Å². The second-order valence-corrected chi connectivity index (χ2v) is 11.4. The van der Waals surface area contributed by atoms with E-state index < -0.39 is 12.1 Å². The van der Waals surface area contributed by atoms with E-state index in [4.69, 9.17) is 19.1 Å². The lowest BCUT2D eigenvalue weighted by Crippen LogP contribution is -2.50. The van der Waals surface area contributed by atoms with E-state index in [9.17, 15) is 19.2 Å². The highest BCUT2D eigenvalue weighted by molar-refractivity contribution is 5.89. The van der Waals surface area contributed by atoms with Gasteiger partial charge in [-0.15, -0.1) is 0 Å². The minimum atomic E-state index is -0.399. The monoisotopic (exact) mass is 566 g/mol. The molecule has 6 aliphatic rings. The molecule has 0 spiro atoms. The highest BCUT2D eigenvalue weighted by Gasteiger charge is 2.46. The van der Waals surface area contributed by atoms with Crippen molar-refractivity contribution in [3.63, 3.8) is 0 Å². The van der Waals surface area contributed by atoms with Gasteiger partial charge in [-0.25, -0.2) is 20.5 Å². The molecule has 6 saturated heterocycles. The Labute approximate surface area is 234 Å². The number of likely N-dealkylation sites (N-methyl/N-ethyl adjacent to an activating group) is 2. The molecule has 6 fully saturated rings. The molecule has 0 aromatic carbocycles. The van der Waals surface area contributed by atoms with Gasteiger partial charge in [-0.3, -0.25) is 19.3 Å². The molecule has 224 valence electrons. The molecule has 4 atom stereocenters. The summed E-state index contributed by atoms with van der Waals surface area (Å²) in [6, 6.07) is -0.407. The van der Waals surface area contributed by atoms with Crippen LogP contribution in [0.15, 0.2) is 0 Å². The number of amides is 6. The van der Waals surface area contributed by atoms with E-state index in [1.165, 1.54) is 0 Å². The molecule has 0 radical (unpaired) electrons. The average molecular weight is 567 g/mol. The zero-order valence-corrected chi connectivity index (χ0v) is 23.4. The first-order valence-electron chi connectivity index (χ1n) is 14.5. The van der Waals surface area contributed by atoms with Crippen molar-refractivity contribution in [2.24, 2.45) is 0 Å². The minimum absolute atomic E-state index is 0.0148. The van der Waals surface area contributed by atoms with Crippen molar-refractivity contribution in [2.75, 3.05) is 53.6 Å². The molecule has 6 heterocycles. The van der Waals surface area contributed by atoms with Crippen LogP contribution in [0.2, 0.25) is 0 Å². The molecule has 0 aromatic heterocycles. The number of hydrogen-bond acceptors (Lipinski definition) is 8. The maximum Gasteiger partial charge on any atom is 0.320 e. The van der Waals surface area contributed by atoms with Crippen molar-refractivity contribution < 1.29 is 38.3 Å². The summed E-state index contributed by atoms with van der Waals surface area (Å²) in [6.07, 6.45) is 6.32. The summed E-state index contributed by atoms with van der Waals surface area (Å²) in [5.74, 6) is -0.419. The molecule has 0 aromatic rings. The molecular formula is C26H42N6O8. The number of urea groups is 2. The Bertz CT molecular complexity index is 868. The molecule has 0 aliphatic carbocycles. The normalized spacial score (nSPS) is 30.8. The van der Waals surface area contributed by atoms with Crippen molar-refractivity contribution in [3.8, 4) is 0 Å². The van der Waals surface area contributed by atoms with Gasteiger partial charge >= 0.3 is 12.1 Å². The first-order valence-corrected chi connectivity index (χ1v) is 14.5. The second-order valence-electron chi connectivity index (χ2n) is 11.4. The summed E-state index contributed by atoms with van der Waals surface area (Å²) in [5.41, 5.74) is 5.07. The molecule has 14 heteroatoms. The third kappa shape index (κ3) is 6.29. The van der Waals surface area contributed by atoms with Crippen molar-refractivity contribution in [1.29, 1.82) is 0 Å². The predicted octanol–water partition coefficient (Wildman–Crippen LogP) is 0.223. The van der Waals surface area contributed by atoms with Crippen LogP contribution in [-0.2, 0) is 28.7 Å². The van der Waals surface area contributed by atoms with Gasteiger partial charge in [-0.2, -0.15) is 0 Å². The SMILES string of the molecule is CN1C(=O)N2C[C@H]1CC[C@H]2C(=O)NOC1CCOCC1.CN1C(=O)N2C[C@H]1CC[C@H]2C(=O)NOC1CCOCC1. The number of hydroxylamine groups is 2. The highest BCUT2D eigenvalue weighted by atomic mass is 16.7. The van der Waals surface area contributed by atoms with Crippen molar-refractivity contribution in [2.45, 2.75) is 87.7 Å². The zero-order valence-electron chi connectivity index (χ0n) is 23.4. The fourth-order valence-electron chi connectivity index (χ4n) is 6.23. The lowest BCUT2D eigenvalue weighted by atomic mass is 10.0. The zero-order chi connectivity index (χ0) is 28.2. The third-order valence-corrected chi connectivity index (χ3v) is 8.90. The molecule has 40 heavy (non-hydrogen) atoms. The van der Waals surface area contributed by atoms with E-state index in [-0.39, 0.29) is 48.2 Å². The fourth-order valence-corrected chi connectivity index (χ4v) is 6.23. The quantitative estimate of drug-likeness (QED) is 0.435. The van der Waals surface area contributed by atoms with E-state index in [2.05, 4.69) is 11.0 Å². The van der Waals surface area contributed by atoms with Crippen LogP contribution in [0.4, 0.5) is 9.59 Å². The van der Waals surface area contributed by atoms with Crippen molar-refractivity contribution in [3.05, 3.63) is 0 Å². The second kappa shape index (κ2) is 12.9. The Morgan fingerprint density at radius 1 is 0.650 bits per heavy atom. The van der Waals surface area contributed by atoms with Gasteiger partial charge in [0, 0.05) is 53.6 Å². The van der Waals surface area contributed by atoms with E-state index >= 15 is 0 Å². The van der Waals surface area contributed by atoms with Gasteiger partial charge in [-0.1, -0.05) is 0 Å². The molecule has 2 N–H and O–H groups in total. The number of nitrogens with zero attached hydrogens (tertiary/aromatic N) is 4. The van der Waals surface area contributed by atoms with Crippen LogP contribution in [-0.4, -0.2) is 133 Å². The molecular weight excluding hydrogens is 524 g/mol. The summed E-state index contributed by atoms with van der Waals surface area (Å²) in [7, 11) is 3.59. The molecule has 14 nitrogen and oxygen atoms in total. The third-order valence-electron chi connectivity index (χ3n) is 8.90. The largest absolute Gasteiger partial charge is 0.381 e. The summed E-state index contributed by atoms with van der Waals surface area (Å²) in [6.45, 7) is 3.96. The van der Waals surface area contributed by atoms with Gasteiger partial charge in [0.15, 0.2) is 0 Å². The lowest BCUT2D eigenvalue weighted by Gasteiger charge is -2.30. The van der Waals surface area contributed by atoms with E-state index in [1.54, 1.807) is 33.7 Å². The minimum Gasteiger partial charge on any atom is -0.381 e. The van der Waals surface area contributed by atoms with Crippen LogP contribution in [0, 0.1) is 0 Å². The molecule has 0 unspecified atom stereocenters. The Balaban J connectivity index is 0.000000161. The van der Waals surface area contributed by atoms with Crippen LogP contribution < -0.4 is 11.0 Å². The van der Waals surface area contributed by atoms with Crippen molar-refractivity contribution >= 4 is 23.9 Å². The van der Waals surface area contributed by atoms with Crippen LogP contribution >= 0.6 is 0 Å². The van der Waals surface area contributed by atoms with Crippen LogP contribution in [0.5, 0.6) is 0 Å². The standard InChI is InChI=1S/2C13H21N3O4/c2*1-15-9-2-3-11(16(8-9)13(15)18)12(17)14-20-10-4-6-19-7-5-10/h2*9-11H,2-8H2,1H3,(H,14,17)/t2*9-,11+/m11/s1. The van der Waals surface area contributed by atoms with Gasteiger partial charge in [0.25, 0.3) is 11.8 Å². The molecule has 0 saturated carbocycles. The van der Waals surface area contributed by atoms with Crippen LogP contribution in [0.3, 0.4) is 0 Å². The Morgan fingerprint density at radius 2 is 1.02 bits per heavy atom. The van der Waals surface area contributed by atoms with Crippen molar-refractivity contribution in [1.82, 2.24) is 30.6 Å².